The third-order valence-electron chi connectivity index (χ3n) is 8.28. The average molecular weight is 331 g/mol. The van der Waals surface area contributed by atoms with Gasteiger partial charge in [0, 0.05) is 24.7 Å². The number of oxime groups is 1. The maximum absolute atomic E-state index is 12.5. The minimum absolute atomic E-state index is 0.0711. The first-order valence-corrected chi connectivity index (χ1v) is 9.56. The Bertz CT molecular complexity index is 612. The largest absolute Gasteiger partial charge is 0.399 e. The topological polar surface area (TPSA) is 55.7 Å². The van der Waals surface area contributed by atoms with Crippen molar-refractivity contribution < 1.29 is 14.4 Å². The van der Waals surface area contributed by atoms with Crippen LogP contribution in [0, 0.1) is 34.5 Å². The molecule has 0 radical (unpaired) electrons. The number of ketones is 2. The van der Waals surface area contributed by atoms with E-state index in [1.807, 2.05) is 0 Å². The summed E-state index contributed by atoms with van der Waals surface area (Å²) in [7, 11) is 1.52. The van der Waals surface area contributed by atoms with Crippen LogP contribution >= 0.6 is 0 Å². The van der Waals surface area contributed by atoms with Crippen molar-refractivity contribution in [3.8, 4) is 0 Å². The first-order valence-electron chi connectivity index (χ1n) is 9.56. The lowest BCUT2D eigenvalue weighted by molar-refractivity contribution is -0.138. The molecule has 132 valence electrons. The number of nitrogens with zero attached hydrogens (tertiary/aromatic N) is 1. The lowest BCUT2D eigenvalue weighted by Crippen LogP contribution is -2.55. The number of Topliss-reactive ketones (excluding diaryl/α,β-unsaturated/α-hetero) is 2. The van der Waals surface area contributed by atoms with Crippen LogP contribution in [0.2, 0.25) is 0 Å². The zero-order chi connectivity index (χ0) is 17.1. The van der Waals surface area contributed by atoms with Gasteiger partial charge in [0.05, 0.1) is 0 Å². The van der Waals surface area contributed by atoms with Gasteiger partial charge in [-0.15, -0.1) is 0 Å². The van der Waals surface area contributed by atoms with Crippen LogP contribution in [0.1, 0.15) is 65.2 Å². The Balaban J connectivity index is 1.66. The van der Waals surface area contributed by atoms with Crippen molar-refractivity contribution in [2.45, 2.75) is 65.2 Å². The van der Waals surface area contributed by atoms with E-state index in [4.69, 9.17) is 4.84 Å². The van der Waals surface area contributed by atoms with Crippen molar-refractivity contribution in [3.05, 3.63) is 0 Å². The molecule has 4 aliphatic carbocycles. The van der Waals surface area contributed by atoms with Crippen molar-refractivity contribution >= 4 is 17.3 Å². The van der Waals surface area contributed by atoms with E-state index in [2.05, 4.69) is 19.0 Å². The summed E-state index contributed by atoms with van der Waals surface area (Å²) in [6.45, 7) is 4.60. The lowest BCUT2D eigenvalue weighted by Gasteiger charge is -2.59. The second-order valence-corrected chi connectivity index (χ2v) is 9.10. The SMILES string of the molecule is CON=C1C[C@@]2(C)C(CC[C@@H]3[C@@H]2CC[C@]2(C)C(=O)CC[C@@H]32)CC1=O. The van der Waals surface area contributed by atoms with Gasteiger partial charge in [-0.1, -0.05) is 19.0 Å². The molecule has 4 rings (SSSR count). The number of rotatable bonds is 1. The van der Waals surface area contributed by atoms with Crippen LogP contribution in [0.15, 0.2) is 5.16 Å². The van der Waals surface area contributed by atoms with E-state index < -0.39 is 0 Å². The van der Waals surface area contributed by atoms with Crippen LogP contribution in [-0.4, -0.2) is 24.4 Å². The van der Waals surface area contributed by atoms with Crippen molar-refractivity contribution in [3.63, 3.8) is 0 Å². The quantitative estimate of drug-likeness (QED) is 0.687. The molecule has 0 bridgehead atoms. The normalized spacial score (nSPS) is 49.5. The number of hydrogen-bond donors (Lipinski definition) is 0. The highest BCUT2D eigenvalue weighted by Crippen LogP contribution is 2.64. The molecule has 0 saturated heterocycles. The van der Waals surface area contributed by atoms with Gasteiger partial charge in [-0.05, 0) is 61.2 Å². The van der Waals surface area contributed by atoms with Gasteiger partial charge in [0.1, 0.15) is 18.6 Å². The summed E-state index contributed by atoms with van der Waals surface area (Å²) >= 11 is 0. The van der Waals surface area contributed by atoms with E-state index in [1.165, 1.54) is 13.5 Å². The fourth-order valence-corrected chi connectivity index (χ4v) is 6.91. The first-order chi connectivity index (χ1) is 11.4. The van der Waals surface area contributed by atoms with Crippen molar-refractivity contribution in [1.82, 2.24) is 0 Å². The second-order valence-electron chi connectivity index (χ2n) is 9.10. The number of hydrogen-bond acceptors (Lipinski definition) is 4. The Morgan fingerprint density at radius 3 is 2.62 bits per heavy atom. The molecular weight excluding hydrogens is 302 g/mol. The zero-order valence-electron chi connectivity index (χ0n) is 15.1. The number of carbonyl (C=O) groups excluding carboxylic acids is 2. The van der Waals surface area contributed by atoms with Crippen LogP contribution in [-0.2, 0) is 14.4 Å². The third-order valence-corrected chi connectivity index (χ3v) is 8.28. The zero-order valence-corrected chi connectivity index (χ0v) is 15.1. The van der Waals surface area contributed by atoms with E-state index in [9.17, 15) is 9.59 Å². The third kappa shape index (κ3) is 2.07. The molecule has 4 nitrogen and oxygen atoms in total. The van der Waals surface area contributed by atoms with Crippen LogP contribution in [0.3, 0.4) is 0 Å². The van der Waals surface area contributed by atoms with Crippen molar-refractivity contribution in [2.24, 2.45) is 39.7 Å². The van der Waals surface area contributed by atoms with Gasteiger partial charge < -0.3 is 4.84 Å². The summed E-state index contributed by atoms with van der Waals surface area (Å²) in [5.74, 6) is 2.97. The summed E-state index contributed by atoms with van der Waals surface area (Å²) in [5, 5.41) is 4.04. The predicted octanol–water partition coefficient (Wildman–Crippen LogP) is 3.78. The molecule has 4 aliphatic rings. The summed E-state index contributed by atoms with van der Waals surface area (Å²) in [5.41, 5.74) is 0.701. The molecule has 4 heteroatoms. The van der Waals surface area contributed by atoms with Gasteiger partial charge in [-0.3, -0.25) is 9.59 Å². The summed E-state index contributed by atoms with van der Waals surface area (Å²) in [6, 6.07) is 0. The van der Waals surface area contributed by atoms with E-state index in [0.717, 1.165) is 38.5 Å². The Morgan fingerprint density at radius 1 is 1.08 bits per heavy atom. The summed E-state index contributed by atoms with van der Waals surface area (Å²) < 4.78 is 0. The number of carbonyl (C=O) groups is 2. The fraction of sp³-hybridized carbons (Fsp3) is 0.850. The van der Waals surface area contributed by atoms with Gasteiger partial charge in [0.25, 0.3) is 0 Å². The molecule has 6 atom stereocenters. The highest BCUT2D eigenvalue weighted by Gasteiger charge is 2.60. The van der Waals surface area contributed by atoms with Gasteiger partial charge in [-0.2, -0.15) is 0 Å². The van der Waals surface area contributed by atoms with E-state index >= 15 is 0 Å². The minimum Gasteiger partial charge on any atom is -0.399 e. The molecular formula is C20H29NO3. The molecule has 4 fully saturated rings. The Labute approximate surface area is 144 Å². The molecule has 0 aromatic rings. The molecule has 4 saturated carbocycles. The van der Waals surface area contributed by atoms with Crippen LogP contribution in [0.5, 0.6) is 0 Å². The molecule has 0 aromatic heterocycles. The molecule has 0 N–H and O–H groups in total. The second kappa shape index (κ2) is 5.40. The summed E-state index contributed by atoms with van der Waals surface area (Å²) in [6.07, 6.45) is 7.72. The van der Waals surface area contributed by atoms with Gasteiger partial charge in [0.15, 0.2) is 5.78 Å². The van der Waals surface area contributed by atoms with Crippen molar-refractivity contribution in [1.29, 1.82) is 0 Å². The highest BCUT2D eigenvalue weighted by molar-refractivity contribution is 6.40. The Morgan fingerprint density at radius 2 is 1.88 bits per heavy atom. The maximum atomic E-state index is 12.5. The Hall–Kier alpha value is -1.19. The van der Waals surface area contributed by atoms with Gasteiger partial charge in [-0.25, -0.2) is 0 Å². The first kappa shape index (κ1) is 16.3. The van der Waals surface area contributed by atoms with E-state index in [-0.39, 0.29) is 16.6 Å². The monoisotopic (exact) mass is 331 g/mol. The summed E-state index contributed by atoms with van der Waals surface area (Å²) in [4.78, 5) is 29.8. The standard InChI is InChI=1S/C20H29NO3/c1-19-9-8-15-13(14(19)6-7-18(19)23)5-4-12-10-17(22)16(21-24-3)11-20(12,15)2/h12-15H,4-11H2,1-3H3/t12?,13-,14-,15-,19-,20-/m0/s1. The molecule has 0 aromatic carbocycles. The molecule has 0 spiro atoms. The molecule has 0 aliphatic heterocycles. The average Bonchev–Trinajstić information content (AvgIpc) is 2.85. The molecule has 24 heavy (non-hydrogen) atoms. The number of fused-ring (bicyclic) bond motifs is 5. The molecule has 0 amide bonds. The van der Waals surface area contributed by atoms with Crippen LogP contribution < -0.4 is 0 Å². The Kier molecular flexibility index (Phi) is 3.67. The lowest BCUT2D eigenvalue weighted by atomic mass is 9.45. The van der Waals surface area contributed by atoms with Crippen molar-refractivity contribution in [2.75, 3.05) is 7.11 Å². The fourth-order valence-electron chi connectivity index (χ4n) is 6.91. The predicted molar refractivity (Wildman–Crippen MR) is 91.6 cm³/mol. The smallest absolute Gasteiger partial charge is 0.180 e. The minimum atomic E-state index is -0.0711. The maximum Gasteiger partial charge on any atom is 0.180 e. The van der Waals surface area contributed by atoms with Gasteiger partial charge >= 0.3 is 0 Å². The highest BCUT2D eigenvalue weighted by atomic mass is 16.6. The van der Waals surface area contributed by atoms with Gasteiger partial charge in [0.2, 0.25) is 0 Å². The van der Waals surface area contributed by atoms with E-state index in [1.54, 1.807) is 0 Å². The van der Waals surface area contributed by atoms with Crippen LogP contribution in [0.25, 0.3) is 0 Å². The van der Waals surface area contributed by atoms with Crippen LogP contribution in [0.4, 0.5) is 0 Å². The van der Waals surface area contributed by atoms with E-state index in [0.29, 0.717) is 41.6 Å². The molecule has 1 unspecified atom stereocenters. The molecule has 0 heterocycles.